The summed E-state index contributed by atoms with van der Waals surface area (Å²) in [5.74, 6) is 0. The van der Waals surface area contributed by atoms with E-state index in [0.29, 0.717) is 0 Å². The Hall–Kier alpha value is -1.37. The summed E-state index contributed by atoms with van der Waals surface area (Å²) in [5.41, 5.74) is 5.23. The van der Waals surface area contributed by atoms with Gasteiger partial charge in [-0.2, -0.15) is 0 Å². The number of hydrogen-bond donors (Lipinski definition) is 0. The summed E-state index contributed by atoms with van der Waals surface area (Å²) in [5, 5.41) is 1.29. The Balaban J connectivity index is 2.90. The fourth-order valence-corrected chi connectivity index (χ4v) is 2.09. The van der Waals surface area contributed by atoms with Gasteiger partial charge < -0.3 is 0 Å². The summed E-state index contributed by atoms with van der Waals surface area (Å²) >= 11 is 0. The van der Waals surface area contributed by atoms with Crippen LogP contribution in [0.4, 0.5) is 0 Å². The second kappa shape index (κ2) is 3.41. The largest absolute Gasteiger partial charge is 0.256 e. The minimum atomic E-state index is 1.06. The molecule has 1 nitrogen and oxygen atoms in total. The summed E-state index contributed by atoms with van der Waals surface area (Å²) in [7, 11) is 0. The van der Waals surface area contributed by atoms with Gasteiger partial charge in [0.1, 0.15) is 0 Å². The predicted octanol–water partition coefficient (Wildman–Crippen LogP) is 3.41. The van der Waals surface area contributed by atoms with Crippen LogP contribution < -0.4 is 0 Å². The lowest BCUT2D eigenvalue weighted by molar-refractivity contribution is 1.11. The third-order valence-corrected chi connectivity index (χ3v) is 2.78. The van der Waals surface area contributed by atoms with E-state index in [2.05, 4.69) is 37.9 Å². The van der Waals surface area contributed by atoms with Gasteiger partial charge in [0.05, 0.1) is 5.52 Å². The van der Waals surface area contributed by atoms with Crippen molar-refractivity contribution in [2.75, 3.05) is 0 Å². The van der Waals surface area contributed by atoms with Crippen molar-refractivity contribution in [1.29, 1.82) is 0 Å². The lowest BCUT2D eigenvalue weighted by Crippen LogP contribution is -1.93. The number of pyridine rings is 1. The number of rotatable bonds is 1. The molecule has 0 saturated carbocycles. The van der Waals surface area contributed by atoms with Gasteiger partial charge in [-0.05, 0) is 43.0 Å². The van der Waals surface area contributed by atoms with Crippen LogP contribution >= 0.6 is 0 Å². The van der Waals surface area contributed by atoms with Crippen LogP contribution in [0.3, 0.4) is 0 Å². The zero-order chi connectivity index (χ0) is 10.1. The van der Waals surface area contributed by atoms with Crippen LogP contribution in [0.25, 0.3) is 10.9 Å². The number of aromatic nitrogens is 1. The molecule has 0 saturated heterocycles. The zero-order valence-electron chi connectivity index (χ0n) is 8.96. The Morgan fingerprint density at radius 3 is 2.71 bits per heavy atom. The van der Waals surface area contributed by atoms with Gasteiger partial charge in [0, 0.05) is 11.6 Å². The minimum absolute atomic E-state index is 1.06. The molecule has 0 bridgehead atoms. The maximum absolute atomic E-state index is 4.47. The molecule has 0 atom stereocenters. The molecular formula is C13H15N. The lowest BCUT2D eigenvalue weighted by atomic mass is 9.98. The van der Waals surface area contributed by atoms with Crippen LogP contribution in [-0.2, 0) is 6.42 Å². The van der Waals surface area contributed by atoms with Gasteiger partial charge in [0.2, 0.25) is 0 Å². The predicted molar refractivity (Wildman–Crippen MR) is 60.6 cm³/mol. The van der Waals surface area contributed by atoms with Crippen molar-refractivity contribution in [2.45, 2.75) is 27.2 Å². The van der Waals surface area contributed by atoms with E-state index in [4.69, 9.17) is 0 Å². The van der Waals surface area contributed by atoms with E-state index in [1.807, 2.05) is 12.3 Å². The van der Waals surface area contributed by atoms with Gasteiger partial charge in [-0.1, -0.05) is 19.1 Å². The molecule has 1 heteroatoms. The first-order chi connectivity index (χ1) is 6.74. The average Bonchev–Trinajstić information content (AvgIpc) is 2.18. The van der Waals surface area contributed by atoms with Crippen LogP contribution in [0.5, 0.6) is 0 Å². The maximum atomic E-state index is 4.47. The van der Waals surface area contributed by atoms with Crippen LogP contribution in [0, 0.1) is 13.8 Å². The van der Waals surface area contributed by atoms with E-state index in [0.717, 1.165) is 6.42 Å². The van der Waals surface area contributed by atoms with Crippen LogP contribution in [-0.4, -0.2) is 4.98 Å². The summed E-state index contributed by atoms with van der Waals surface area (Å²) in [6.45, 7) is 6.50. The molecule has 0 N–H and O–H groups in total. The van der Waals surface area contributed by atoms with Crippen molar-refractivity contribution in [1.82, 2.24) is 4.98 Å². The normalized spacial score (nSPS) is 10.8. The Bertz CT molecular complexity index is 472. The molecule has 0 unspecified atom stereocenters. The first-order valence-electron chi connectivity index (χ1n) is 5.08. The van der Waals surface area contributed by atoms with Gasteiger partial charge in [0.25, 0.3) is 0 Å². The highest BCUT2D eigenvalue weighted by Crippen LogP contribution is 2.23. The highest BCUT2D eigenvalue weighted by Gasteiger charge is 2.05. The second-order valence-electron chi connectivity index (χ2n) is 3.74. The van der Waals surface area contributed by atoms with E-state index in [-0.39, 0.29) is 0 Å². The smallest absolute Gasteiger partial charge is 0.0739 e. The van der Waals surface area contributed by atoms with E-state index in [9.17, 15) is 0 Å². The molecule has 1 heterocycles. The topological polar surface area (TPSA) is 12.9 Å². The molecule has 2 rings (SSSR count). The van der Waals surface area contributed by atoms with E-state index in [1.165, 1.54) is 27.6 Å². The summed E-state index contributed by atoms with van der Waals surface area (Å²) in [6, 6.07) is 6.41. The maximum Gasteiger partial charge on any atom is 0.0739 e. The van der Waals surface area contributed by atoms with Gasteiger partial charge in [0.15, 0.2) is 0 Å². The first kappa shape index (κ1) is 9.20. The standard InChI is InChI=1S/C13H15N/c1-4-11-9(2)8-10(3)12-6-5-7-14-13(11)12/h5-8H,4H2,1-3H3. The summed E-state index contributed by atoms with van der Waals surface area (Å²) in [6.07, 6.45) is 2.93. The Morgan fingerprint density at radius 1 is 1.21 bits per heavy atom. The summed E-state index contributed by atoms with van der Waals surface area (Å²) < 4.78 is 0. The van der Waals surface area contributed by atoms with Crippen molar-refractivity contribution < 1.29 is 0 Å². The Kier molecular flexibility index (Phi) is 2.24. The molecule has 72 valence electrons. The van der Waals surface area contributed by atoms with Crippen LogP contribution in [0.1, 0.15) is 23.6 Å². The van der Waals surface area contributed by atoms with Crippen molar-refractivity contribution in [3.8, 4) is 0 Å². The highest BCUT2D eigenvalue weighted by molar-refractivity contribution is 5.85. The monoisotopic (exact) mass is 185 g/mol. The second-order valence-corrected chi connectivity index (χ2v) is 3.74. The van der Waals surface area contributed by atoms with E-state index < -0.39 is 0 Å². The lowest BCUT2D eigenvalue weighted by Gasteiger charge is -2.09. The third kappa shape index (κ3) is 1.29. The van der Waals surface area contributed by atoms with Crippen molar-refractivity contribution in [3.63, 3.8) is 0 Å². The zero-order valence-corrected chi connectivity index (χ0v) is 8.96. The molecule has 0 amide bonds. The SMILES string of the molecule is CCc1c(C)cc(C)c2cccnc12. The van der Waals surface area contributed by atoms with Crippen LogP contribution in [0.2, 0.25) is 0 Å². The van der Waals surface area contributed by atoms with Crippen molar-refractivity contribution >= 4 is 10.9 Å². The Labute approximate surface area is 84.8 Å². The van der Waals surface area contributed by atoms with Gasteiger partial charge >= 0.3 is 0 Å². The first-order valence-corrected chi connectivity index (χ1v) is 5.08. The molecule has 0 aliphatic rings. The molecule has 0 spiro atoms. The van der Waals surface area contributed by atoms with E-state index in [1.54, 1.807) is 0 Å². The molecule has 2 aromatic rings. The molecular weight excluding hydrogens is 170 g/mol. The number of hydrogen-bond acceptors (Lipinski definition) is 1. The van der Waals surface area contributed by atoms with Crippen molar-refractivity contribution in [2.24, 2.45) is 0 Å². The average molecular weight is 185 g/mol. The molecule has 0 aliphatic heterocycles. The van der Waals surface area contributed by atoms with Gasteiger partial charge in [-0.3, -0.25) is 4.98 Å². The number of aryl methyl sites for hydroxylation is 3. The molecule has 0 fully saturated rings. The number of benzene rings is 1. The molecule has 14 heavy (non-hydrogen) atoms. The number of nitrogens with zero attached hydrogens (tertiary/aromatic N) is 1. The van der Waals surface area contributed by atoms with E-state index >= 15 is 0 Å². The quantitative estimate of drug-likeness (QED) is 0.663. The highest BCUT2D eigenvalue weighted by atomic mass is 14.6. The molecule has 1 aromatic heterocycles. The number of fused-ring (bicyclic) bond motifs is 1. The fraction of sp³-hybridized carbons (Fsp3) is 0.308. The third-order valence-electron chi connectivity index (χ3n) is 2.78. The van der Waals surface area contributed by atoms with Gasteiger partial charge in [-0.25, -0.2) is 0 Å². The van der Waals surface area contributed by atoms with Gasteiger partial charge in [-0.15, -0.1) is 0 Å². The van der Waals surface area contributed by atoms with Crippen molar-refractivity contribution in [3.05, 3.63) is 41.1 Å². The van der Waals surface area contributed by atoms with Crippen LogP contribution in [0.15, 0.2) is 24.4 Å². The Morgan fingerprint density at radius 2 is 2.00 bits per heavy atom. The molecule has 1 aromatic carbocycles. The fourth-order valence-electron chi connectivity index (χ4n) is 2.09. The molecule has 0 aliphatic carbocycles. The minimum Gasteiger partial charge on any atom is -0.256 e. The molecule has 0 radical (unpaired) electrons. The summed E-state index contributed by atoms with van der Waals surface area (Å²) in [4.78, 5) is 4.47.